The molecule has 2 N–H and O–H groups in total. The number of piperidine rings is 1. The molecule has 0 radical (unpaired) electrons. The Balaban J connectivity index is 2.32. The maximum Gasteiger partial charge on any atom is 0.273 e. The van der Waals surface area contributed by atoms with Gasteiger partial charge < -0.3 is 15.3 Å². The largest absolute Gasteiger partial charge is 0.388 e. The Morgan fingerprint density at radius 3 is 2.85 bits per heavy atom. The molecule has 2 rings (SSSR count). The molecule has 1 aromatic rings. The molecule has 0 saturated carbocycles. The van der Waals surface area contributed by atoms with Gasteiger partial charge in [-0.15, -0.1) is 0 Å². The summed E-state index contributed by atoms with van der Waals surface area (Å²) in [5, 5.41) is 24.3. The van der Waals surface area contributed by atoms with Gasteiger partial charge in [-0.05, 0) is 32.8 Å². The first-order valence-electron chi connectivity index (χ1n) is 6.92. The molecule has 6 nitrogen and oxygen atoms in total. The van der Waals surface area contributed by atoms with E-state index >= 15 is 0 Å². The Bertz CT molecular complexity index is 502. The number of hydrogen-bond acceptors (Lipinski definition) is 5. The number of nitro benzene ring substituents is 1. The van der Waals surface area contributed by atoms with E-state index in [0.717, 1.165) is 30.8 Å². The van der Waals surface area contributed by atoms with Crippen LogP contribution in [0.1, 0.15) is 26.7 Å². The SMILES string of the molecule is CCNc1cc(N2CCCC(C)(O)C2)cc([N+](=O)[O-])c1. The molecule has 0 amide bonds. The van der Waals surface area contributed by atoms with Crippen molar-refractivity contribution >= 4 is 17.1 Å². The number of non-ortho nitro benzene ring substituents is 1. The first kappa shape index (κ1) is 14.6. The zero-order valence-corrected chi connectivity index (χ0v) is 11.9. The topological polar surface area (TPSA) is 78.6 Å². The van der Waals surface area contributed by atoms with Crippen molar-refractivity contribution < 1.29 is 10.0 Å². The summed E-state index contributed by atoms with van der Waals surface area (Å²) in [5.74, 6) is 0. The van der Waals surface area contributed by atoms with E-state index in [2.05, 4.69) is 5.32 Å². The third-order valence-electron chi connectivity index (χ3n) is 3.53. The summed E-state index contributed by atoms with van der Waals surface area (Å²) in [6.07, 6.45) is 1.64. The molecule has 110 valence electrons. The Morgan fingerprint density at radius 2 is 2.25 bits per heavy atom. The molecular weight excluding hydrogens is 258 g/mol. The van der Waals surface area contributed by atoms with Gasteiger partial charge in [0.05, 0.1) is 10.5 Å². The quantitative estimate of drug-likeness (QED) is 0.653. The van der Waals surface area contributed by atoms with E-state index in [1.807, 2.05) is 24.8 Å². The summed E-state index contributed by atoms with van der Waals surface area (Å²) in [4.78, 5) is 12.7. The van der Waals surface area contributed by atoms with Crippen molar-refractivity contribution in [2.24, 2.45) is 0 Å². The van der Waals surface area contributed by atoms with E-state index < -0.39 is 5.60 Å². The molecule has 1 atom stereocenters. The second-order valence-corrected chi connectivity index (χ2v) is 5.55. The Hall–Kier alpha value is -1.82. The fourth-order valence-electron chi connectivity index (χ4n) is 2.63. The van der Waals surface area contributed by atoms with Crippen LogP contribution in [0.15, 0.2) is 18.2 Å². The molecular formula is C14H21N3O3. The smallest absolute Gasteiger partial charge is 0.273 e. The van der Waals surface area contributed by atoms with Gasteiger partial charge in [-0.1, -0.05) is 0 Å². The van der Waals surface area contributed by atoms with Gasteiger partial charge in [0.15, 0.2) is 0 Å². The zero-order valence-electron chi connectivity index (χ0n) is 11.9. The number of anilines is 2. The molecule has 0 spiro atoms. The van der Waals surface area contributed by atoms with Crippen LogP contribution in [-0.2, 0) is 0 Å². The minimum absolute atomic E-state index is 0.0728. The van der Waals surface area contributed by atoms with Crippen LogP contribution in [0, 0.1) is 10.1 Å². The van der Waals surface area contributed by atoms with Crippen LogP contribution in [0.5, 0.6) is 0 Å². The van der Waals surface area contributed by atoms with Crippen molar-refractivity contribution in [3.63, 3.8) is 0 Å². The van der Waals surface area contributed by atoms with Crippen LogP contribution >= 0.6 is 0 Å². The standard InChI is InChI=1S/C14H21N3O3/c1-3-15-11-7-12(9-13(8-11)17(19)20)16-6-4-5-14(2,18)10-16/h7-9,15,18H,3-6,10H2,1-2H3. The van der Waals surface area contributed by atoms with Gasteiger partial charge in [0, 0.05) is 43.1 Å². The molecule has 20 heavy (non-hydrogen) atoms. The lowest BCUT2D eigenvalue weighted by atomic mass is 9.94. The summed E-state index contributed by atoms with van der Waals surface area (Å²) in [6.45, 7) is 5.77. The number of β-amino-alcohol motifs (C(OH)–C–C–N with tert-alkyl or cyclic N) is 1. The van der Waals surface area contributed by atoms with Crippen molar-refractivity contribution in [2.45, 2.75) is 32.3 Å². The Kier molecular flexibility index (Phi) is 4.13. The Morgan fingerprint density at radius 1 is 1.50 bits per heavy atom. The van der Waals surface area contributed by atoms with E-state index in [9.17, 15) is 15.2 Å². The van der Waals surface area contributed by atoms with Crippen LogP contribution in [0.25, 0.3) is 0 Å². The van der Waals surface area contributed by atoms with Gasteiger partial charge in [-0.25, -0.2) is 0 Å². The molecule has 0 aromatic heterocycles. The summed E-state index contributed by atoms with van der Waals surface area (Å²) >= 11 is 0. The number of rotatable bonds is 4. The fourth-order valence-corrected chi connectivity index (χ4v) is 2.63. The molecule has 1 aliphatic heterocycles. The highest BCUT2D eigenvalue weighted by molar-refractivity contribution is 5.64. The van der Waals surface area contributed by atoms with Crippen molar-refractivity contribution in [3.8, 4) is 0 Å². The lowest BCUT2D eigenvalue weighted by molar-refractivity contribution is -0.384. The number of aliphatic hydroxyl groups is 1. The third kappa shape index (κ3) is 3.39. The van der Waals surface area contributed by atoms with Gasteiger partial charge >= 0.3 is 0 Å². The lowest BCUT2D eigenvalue weighted by Crippen LogP contribution is -2.46. The predicted octanol–water partition coefficient (Wildman–Crippen LogP) is 2.38. The van der Waals surface area contributed by atoms with Gasteiger partial charge in [0.1, 0.15) is 0 Å². The molecule has 1 heterocycles. The normalized spacial score (nSPS) is 22.6. The molecule has 1 saturated heterocycles. The highest BCUT2D eigenvalue weighted by Gasteiger charge is 2.29. The molecule has 0 aliphatic carbocycles. The van der Waals surface area contributed by atoms with Gasteiger partial charge in [-0.2, -0.15) is 0 Å². The molecule has 1 aliphatic rings. The number of nitrogens with zero attached hydrogens (tertiary/aromatic N) is 2. The highest BCUT2D eigenvalue weighted by atomic mass is 16.6. The van der Waals surface area contributed by atoms with E-state index in [-0.39, 0.29) is 10.6 Å². The van der Waals surface area contributed by atoms with Gasteiger partial charge in [0.25, 0.3) is 5.69 Å². The maximum atomic E-state index is 11.0. The van der Waals surface area contributed by atoms with Gasteiger partial charge in [0.2, 0.25) is 0 Å². The molecule has 0 bridgehead atoms. The monoisotopic (exact) mass is 279 g/mol. The predicted molar refractivity (Wildman–Crippen MR) is 79.3 cm³/mol. The average Bonchev–Trinajstić information content (AvgIpc) is 2.37. The van der Waals surface area contributed by atoms with Crippen LogP contribution in [0.4, 0.5) is 17.1 Å². The number of nitro groups is 1. The van der Waals surface area contributed by atoms with E-state index in [1.54, 1.807) is 6.07 Å². The average molecular weight is 279 g/mol. The molecule has 6 heteroatoms. The molecule has 1 unspecified atom stereocenters. The number of benzene rings is 1. The van der Waals surface area contributed by atoms with Gasteiger partial charge in [-0.3, -0.25) is 10.1 Å². The third-order valence-corrected chi connectivity index (χ3v) is 3.53. The summed E-state index contributed by atoms with van der Waals surface area (Å²) in [5.41, 5.74) is 0.863. The van der Waals surface area contributed by atoms with Crippen LogP contribution in [-0.4, -0.2) is 35.3 Å². The van der Waals surface area contributed by atoms with E-state index in [1.165, 1.54) is 6.07 Å². The second kappa shape index (κ2) is 5.66. The zero-order chi connectivity index (χ0) is 14.8. The van der Waals surface area contributed by atoms with E-state index in [0.29, 0.717) is 13.1 Å². The van der Waals surface area contributed by atoms with Crippen molar-refractivity contribution in [3.05, 3.63) is 28.3 Å². The Labute approximate surface area is 118 Å². The second-order valence-electron chi connectivity index (χ2n) is 5.55. The van der Waals surface area contributed by atoms with E-state index in [4.69, 9.17) is 0 Å². The van der Waals surface area contributed by atoms with Crippen molar-refractivity contribution in [1.82, 2.24) is 0 Å². The van der Waals surface area contributed by atoms with Crippen molar-refractivity contribution in [1.29, 1.82) is 0 Å². The minimum Gasteiger partial charge on any atom is -0.388 e. The number of hydrogen-bond donors (Lipinski definition) is 2. The summed E-state index contributed by atoms with van der Waals surface area (Å²) in [6, 6.07) is 5.01. The molecule has 1 fully saturated rings. The highest BCUT2D eigenvalue weighted by Crippen LogP contribution is 2.31. The first-order chi connectivity index (χ1) is 9.41. The summed E-state index contributed by atoms with van der Waals surface area (Å²) in [7, 11) is 0. The van der Waals surface area contributed by atoms with Crippen LogP contribution < -0.4 is 10.2 Å². The maximum absolute atomic E-state index is 11.0. The first-order valence-corrected chi connectivity index (χ1v) is 6.92. The fraction of sp³-hybridized carbons (Fsp3) is 0.571. The van der Waals surface area contributed by atoms with Crippen LogP contribution in [0.3, 0.4) is 0 Å². The van der Waals surface area contributed by atoms with Crippen LogP contribution in [0.2, 0.25) is 0 Å². The number of nitrogens with one attached hydrogen (secondary N) is 1. The van der Waals surface area contributed by atoms with Crippen molar-refractivity contribution in [2.75, 3.05) is 29.9 Å². The summed E-state index contributed by atoms with van der Waals surface area (Å²) < 4.78 is 0. The minimum atomic E-state index is -0.735. The molecule has 1 aromatic carbocycles. The lowest BCUT2D eigenvalue weighted by Gasteiger charge is -2.38.